The van der Waals surface area contributed by atoms with E-state index >= 15 is 0 Å². The van der Waals surface area contributed by atoms with E-state index in [0.29, 0.717) is 25.4 Å². The van der Waals surface area contributed by atoms with Gasteiger partial charge in [0.15, 0.2) is 11.5 Å². The number of ether oxygens (including phenoxy) is 2. The van der Waals surface area contributed by atoms with E-state index in [2.05, 4.69) is 5.32 Å². The molecule has 1 amide bonds. The van der Waals surface area contributed by atoms with Gasteiger partial charge in [0.1, 0.15) is 13.2 Å². The van der Waals surface area contributed by atoms with Crippen molar-refractivity contribution in [1.29, 1.82) is 0 Å². The standard InChI is InChI=1S/C15H22N2O3/c16-8-4-2-1-3-5-15(18)17-12-6-7-13-14(11-12)20-10-9-19-13/h6-7,11H,1-5,8-10,16H2,(H,17,18). The van der Waals surface area contributed by atoms with E-state index in [0.717, 1.165) is 43.7 Å². The Labute approximate surface area is 119 Å². The van der Waals surface area contributed by atoms with Crippen LogP contribution in [0, 0.1) is 0 Å². The number of amides is 1. The number of rotatable bonds is 7. The number of hydrogen-bond donors (Lipinski definition) is 2. The Morgan fingerprint density at radius 3 is 2.65 bits per heavy atom. The van der Waals surface area contributed by atoms with Crippen molar-refractivity contribution in [3.63, 3.8) is 0 Å². The van der Waals surface area contributed by atoms with Crippen LogP contribution < -0.4 is 20.5 Å². The van der Waals surface area contributed by atoms with Crippen molar-refractivity contribution >= 4 is 11.6 Å². The molecule has 1 aromatic rings. The predicted molar refractivity (Wildman–Crippen MR) is 78.2 cm³/mol. The van der Waals surface area contributed by atoms with E-state index < -0.39 is 0 Å². The Hall–Kier alpha value is -1.75. The predicted octanol–water partition coefficient (Wildman–Crippen LogP) is 2.31. The summed E-state index contributed by atoms with van der Waals surface area (Å²) in [6.45, 7) is 1.84. The van der Waals surface area contributed by atoms with Crippen LogP contribution in [0.25, 0.3) is 0 Å². The second-order valence-electron chi connectivity index (χ2n) is 4.86. The van der Waals surface area contributed by atoms with Crippen molar-refractivity contribution in [3.8, 4) is 11.5 Å². The third-order valence-electron chi connectivity index (χ3n) is 3.18. The zero-order valence-electron chi connectivity index (χ0n) is 11.7. The van der Waals surface area contributed by atoms with Crippen LogP contribution in [-0.4, -0.2) is 25.7 Å². The molecule has 110 valence electrons. The van der Waals surface area contributed by atoms with Gasteiger partial charge in [-0.05, 0) is 31.5 Å². The maximum atomic E-state index is 11.8. The fraction of sp³-hybridized carbons (Fsp3) is 0.533. The molecular weight excluding hydrogens is 256 g/mol. The first-order valence-corrected chi connectivity index (χ1v) is 7.19. The van der Waals surface area contributed by atoms with Crippen LogP contribution >= 0.6 is 0 Å². The summed E-state index contributed by atoms with van der Waals surface area (Å²) < 4.78 is 10.9. The van der Waals surface area contributed by atoms with Crippen molar-refractivity contribution in [2.45, 2.75) is 32.1 Å². The first kappa shape index (κ1) is 14.7. The van der Waals surface area contributed by atoms with Crippen LogP contribution in [0.5, 0.6) is 11.5 Å². The van der Waals surface area contributed by atoms with E-state index in [1.54, 1.807) is 6.07 Å². The summed E-state index contributed by atoms with van der Waals surface area (Å²) in [6.07, 6.45) is 4.61. The summed E-state index contributed by atoms with van der Waals surface area (Å²) in [4.78, 5) is 11.8. The van der Waals surface area contributed by atoms with Crippen LogP contribution in [-0.2, 0) is 4.79 Å². The third kappa shape index (κ3) is 4.42. The van der Waals surface area contributed by atoms with Crippen molar-refractivity contribution < 1.29 is 14.3 Å². The summed E-state index contributed by atoms with van der Waals surface area (Å²) in [7, 11) is 0. The molecule has 0 aliphatic carbocycles. The highest BCUT2D eigenvalue weighted by Gasteiger charge is 2.12. The molecule has 5 heteroatoms. The Morgan fingerprint density at radius 2 is 1.85 bits per heavy atom. The van der Waals surface area contributed by atoms with E-state index in [4.69, 9.17) is 15.2 Å². The molecule has 1 aliphatic rings. The Bertz CT molecular complexity index is 449. The van der Waals surface area contributed by atoms with Crippen LogP contribution in [0.15, 0.2) is 18.2 Å². The van der Waals surface area contributed by atoms with Gasteiger partial charge in [-0.2, -0.15) is 0 Å². The molecule has 0 radical (unpaired) electrons. The van der Waals surface area contributed by atoms with Crippen molar-refractivity contribution in [3.05, 3.63) is 18.2 Å². The van der Waals surface area contributed by atoms with Gasteiger partial charge in [-0.15, -0.1) is 0 Å². The SMILES string of the molecule is NCCCCCCC(=O)Nc1ccc2c(c1)OCCO2. The van der Waals surface area contributed by atoms with E-state index in [9.17, 15) is 4.79 Å². The van der Waals surface area contributed by atoms with Gasteiger partial charge in [0.25, 0.3) is 0 Å². The normalized spacial score (nSPS) is 13.1. The van der Waals surface area contributed by atoms with Crippen molar-refractivity contribution in [2.24, 2.45) is 5.73 Å². The highest BCUT2D eigenvalue weighted by Crippen LogP contribution is 2.32. The van der Waals surface area contributed by atoms with Crippen LogP contribution in [0.4, 0.5) is 5.69 Å². The molecule has 2 rings (SSSR count). The van der Waals surface area contributed by atoms with Gasteiger partial charge in [-0.1, -0.05) is 12.8 Å². The maximum Gasteiger partial charge on any atom is 0.224 e. The topological polar surface area (TPSA) is 73.6 Å². The second-order valence-corrected chi connectivity index (χ2v) is 4.86. The Balaban J connectivity index is 1.76. The molecule has 1 aromatic carbocycles. The van der Waals surface area contributed by atoms with Gasteiger partial charge in [0, 0.05) is 18.2 Å². The minimum Gasteiger partial charge on any atom is -0.486 e. The molecule has 3 N–H and O–H groups in total. The number of benzene rings is 1. The number of carbonyl (C=O) groups excluding carboxylic acids is 1. The number of hydrogen-bond acceptors (Lipinski definition) is 4. The van der Waals surface area contributed by atoms with E-state index in [1.165, 1.54) is 0 Å². The van der Waals surface area contributed by atoms with Crippen molar-refractivity contribution in [1.82, 2.24) is 0 Å². The average molecular weight is 278 g/mol. The minimum absolute atomic E-state index is 0.0365. The average Bonchev–Trinajstić information content (AvgIpc) is 2.47. The molecule has 0 aromatic heterocycles. The van der Waals surface area contributed by atoms with Crippen LogP contribution in [0.1, 0.15) is 32.1 Å². The minimum atomic E-state index is 0.0365. The van der Waals surface area contributed by atoms with Crippen LogP contribution in [0.3, 0.4) is 0 Å². The number of nitrogens with two attached hydrogens (primary N) is 1. The highest BCUT2D eigenvalue weighted by molar-refractivity contribution is 5.91. The quantitative estimate of drug-likeness (QED) is 0.751. The van der Waals surface area contributed by atoms with Gasteiger partial charge >= 0.3 is 0 Å². The van der Waals surface area contributed by atoms with Gasteiger partial charge in [-0.25, -0.2) is 0 Å². The summed E-state index contributed by atoms with van der Waals surface area (Å²) in [5.41, 5.74) is 6.18. The lowest BCUT2D eigenvalue weighted by molar-refractivity contribution is -0.116. The molecule has 0 saturated carbocycles. The number of anilines is 1. The first-order chi connectivity index (χ1) is 9.79. The molecule has 0 bridgehead atoms. The molecule has 1 aliphatic heterocycles. The lowest BCUT2D eigenvalue weighted by Crippen LogP contribution is -2.16. The molecule has 20 heavy (non-hydrogen) atoms. The van der Waals surface area contributed by atoms with Crippen LogP contribution in [0.2, 0.25) is 0 Å². The third-order valence-corrected chi connectivity index (χ3v) is 3.18. The maximum absolute atomic E-state index is 11.8. The zero-order chi connectivity index (χ0) is 14.2. The van der Waals surface area contributed by atoms with Gasteiger partial charge in [0.2, 0.25) is 5.91 Å². The number of fused-ring (bicyclic) bond motifs is 1. The first-order valence-electron chi connectivity index (χ1n) is 7.19. The largest absolute Gasteiger partial charge is 0.486 e. The summed E-state index contributed by atoms with van der Waals surface area (Å²) in [5, 5.41) is 2.88. The van der Waals surface area contributed by atoms with Gasteiger partial charge in [0.05, 0.1) is 0 Å². The summed E-state index contributed by atoms with van der Waals surface area (Å²) in [5.74, 6) is 1.46. The lowest BCUT2D eigenvalue weighted by Gasteiger charge is -2.19. The molecule has 0 spiro atoms. The number of nitrogens with one attached hydrogen (secondary N) is 1. The molecule has 5 nitrogen and oxygen atoms in total. The molecule has 1 heterocycles. The Morgan fingerprint density at radius 1 is 1.10 bits per heavy atom. The summed E-state index contributed by atoms with van der Waals surface area (Å²) in [6, 6.07) is 5.46. The molecule has 0 fully saturated rings. The summed E-state index contributed by atoms with van der Waals surface area (Å²) >= 11 is 0. The molecule has 0 saturated heterocycles. The van der Waals surface area contributed by atoms with E-state index in [1.807, 2.05) is 12.1 Å². The number of unbranched alkanes of at least 4 members (excludes halogenated alkanes) is 3. The highest BCUT2D eigenvalue weighted by atomic mass is 16.6. The zero-order valence-corrected chi connectivity index (χ0v) is 11.7. The smallest absolute Gasteiger partial charge is 0.224 e. The lowest BCUT2D eigenvalue weighted by atomic mass is 10.1. The monoisotopic (exact) mass is 278 g/mol. The fourth-order valence-corrected chi connectivity index (χ4v) is 2.13. The molecule has 0 atom stereocenters. The van der Waals surface area contributed by atoms with Gasteiger partial charge < -0.3 is 20.5 Å². The molecular formula is C15H22N2O3. The fourth-order valence-electron chi connectivity index (χ4n) is 2.13. The van der Waals surface area contributed by atoms with Gasteiger partial charge in [-0.3, -0.25) is 4.79 Å². The van der Waals surface area contributed by atoms with Crippen molar-refractivity contribution in [2.75, 3.05) is 25.1 Å². The second kappa shape index (κ2) is 7.75. The molecule has 0 unspecified atom stereocenters. The Kier molecular flexibility index (Phi) is 5.68. The number of carbonyl (C=O) groups is 1. The van der Waals surface area contributed by atoms with E-state index in [-0.39, 0.29) is 5.91 Å².